The van der Waals surface area contributed by atoms with Crippen LogP contribution in [0.1, 0.15) is 25.5 Å². The minimum atomic E-state index is -3.50. The molecule has 1 aromatic rings. The first kappa shape index (κ1) is 11.2. The van der Waals surface area contributed by atoms with Crippen LogP contribution in [-0.4, -0.2) is 23.4 Å². The molecule has 0 aromatic carbocycles. The topological polar surface area (TPSA) is 78.0 Å². The standard InChI is InChI=1S/C8H15N3O2S/c1-6-4-10-11(5-6)7(2)8(3)14(9,12)13/h4-5,7-8H,1-3H3,(H2,9,12,13)/t7-,8+/m1/s1. The second kappa shape index (κ2) is 3.70. The monoisotopic (exact) mass is 217 g/mol. The number of aromatic nitrogens is 2. The van der Waals surface area contributed by atoms with Gasteiger partial charge in [0.15, 0.2) is 0 Å². The predicted octanol–water partition coefficient (Wildman–Crippen LogP) is 0.430. The third kappa shape index (κ3) is 2.33. The molecule has 0 fully saturated rings. The number of sulfonamides is 1. The summed E-state index contributed by atoms with van der Waals surface area (Å²) in [6.45, 7) is 5.26. The Balaban J connectivity index is 2.91. The Morgan fingerprint density at radius 2 is 2.07 bits per heavy atom. The molecule has 0 aliphatic carbocycles. The summed E-state index contributed by atoms with van der Waals surface area (Å²) >= 11 is 0. The van der Waals surface area contributed by atoms with Crippen LogP contribution in [0.25, 0.3) is 0 Å². The van der Waals surface area contributed by atoms with Gasteiger partial charge in [0.05, 0.1) is 17.5 Å². The van der Waals surface area contributed by atoms with Crippen LogP contribution in [0, 0.1) is 6.92 Å². The zero-order valence-corrected chi connectivity index (χ0v) is 9.32. The van der Waals surface area contributed by atoms with E-state index < -0.39 is 15.3 Å². The van der Waals surface area contributed by atoms with Gasteiger partial charge in [0, 0.05) is 6.20 Å². The van der Waals surface area contributed by atoms with Gasteiger partial charge in [0.2, 0.25) is 10.0 Å². The first-order chi connectivity index (χ1) is 6.32. The molecule has 0 saturated heterocycles. The second-order valence-electron chi connectivity index (χ2n) is 3.53. The predicted molar refractivity (Wildman–Crippen MR) is 54.2 cm³/mol. The maximum atomic E-state index is 11.1. The second-order valence-corrected chi connectivity index (χ2v) is 5.45. The Kier molecular flexibility index (Phi) is 2.96. The van der Waals surface area contributed by atoms with Gasteiger partial charge in [-0.3, -0.25) is 4.68 Å². The van der Waals surface area contributed by atoms with Gasteiger partial charge in [0.1, 0.15) is 0 Å². The zero-order chi connectivity index (χ0) is 10.9. The van der Waals surface area contributed by atoms with Gasteiger partial charge in [0.25, 0.3) is 0 Å². The van der Waals surface area contributed by atoms with Crippen LogP contribution in [0.2, 0.25) is 0 Å². The molecule has 14 heavy (non-hydrogen) atoms. The largest absolute Gasteiger partial charge is 0.268 e. The average molecular weight is 217 g/mol. The zero-order valence-electron chi connectivity index (χ0n) is 8.51. The number of rotatable bonds is 3. The molecule has 1 heterocycles. The molecular weight excluding hydrogens is 202 g/mol. The van der Waals surface area contributed by atoms with Gasteiger partial charge in [-0.2, -0.15) is 5.10 Å². The Hall–Kier alpha value is -0.880. The molecule has 0 saturated carbocycles. The lowest BCUT2D eigenvalue weighted by molar-refractivity contribution is 0.465. The van der Waals surface area contributed by atoms with Crippen molar-refractivity contribution in [1.29, 1.82) is 0 Å². The van der Waals surface area contributed by atoms with Crippen LogP contribution >= 0.6 is 0 Å². The third-order valence-corrected chi connectivity index (χ3v) is 3.78. The SMILES string of the molecule is Cc1cnn([C@H](C)[C@H](C)S(N)(=O)=O)c1. The molecule has 0 amide bonds. The Labute approximate surface area is 84.0 Å². The Bertz CT molecular complexity index is 410. The molecule has 1 aromatic heterocycles. The van der Waals surface area contributed by atoms with Crippen LogP contribution < -0.4 is 5.14 Å². The van der Waals surface area contributed by atoms with Crippen LogP contribution in [-0.2, 0) is 10.0 Å². The summed E-state index contributed by atoms with van der Waals surface area (Å²) in [6.07, 6.45) is 3.48. The summed E-state index contributed by atoms with van der Waals surface area (Å²) in [6, 6.07) is -0.251. The molecule has 1 rings (SSSR count). The molecule has 0 aliphatic heterocycles. The molecule has 2 N–H and O–H groups in total. The highest BCUT2D eigenvalue weighted by Crippen LogP contribution is 2.15. The quantitative estimate of drug-likeness (QED) is 0.797. The minimum absolute atomic E-state index is 0.251. The van der Waals surface area contributed by atoms with E-state index in [1.165, 1.54) is 0 Å². The van der Waals surface area contributed by atoms with Gasteiger partial charge >= 0.3 is 0 Å². The van der Waals surface area contributed by atoms with Gasteiger partial charge < -0.3 is 0 Å². The highest BCUT2D eigenvalue weighted by atomic mass is 32.2. The summed E-state index contributed by atoms with van der Waals surface area (Å²) in [5, 5.41) is 8.46. The average Bonchev–Trinajstić information content (AvgIpc) is 2.47. The van der Waals surface area contributed by atoms with Crippen molar-refractivity contribution in [3.63, 3.8) is 0 Å². The molecule has 80 valence electrons. The van der Waals surface area contributed by atoms with E-state index in [-0.39, 0.29) is 6.04 Å². The van der Waals surface area contributed by atoms with Crippen molar-refractivity contribution in [2.75, 3.05) is 0 Å². The molecule has 2 atom stereocenters. The molecule has 6 heteroatoms. The van der Waals surface area contributed by atoms with E-state index in [1.807, 2.05) is 6.92 Å². The molecule has 0 bridgehead atoms. The van der Waals surface area contributed by atoms with Crippen molar-refractivity contribution < 1.29 is 8.42 Å². The highest BCUT2D eigenvalue weighted by molar-refractivity contribution is 7.89. The van der Waals surface area contributed by atoms with Crippen molar-refractivity contribution in [3.05, 3.63) is 18.0 Å². The van der Waals surface area contributed by atoms with Crippen LogP contribution in [0.15, 0.2) is 12.4 Å². The van der Waals surface area contributed by atoms with Crippen molar-refractivity contribution >= 4 is 10.0 Å². The summed E-state index contributed by atoms with van der Waals surface area (Å²) in [5.74, 6) is 0. The van der Waals surface area contributed by atoms with E-state index in [4.69, 9.17) is 5.14 Å². The first-order valence-electron chi connectivity index (χ1n) is 4.34. The number of aryl methyl sites for hydroxylation is 1. The summed E-state index contributed by atoms with van der Waals surface area (Å²) in [4.78, 5) is 0. The van der Waals surface area contributed by atoms with Crippen LogP contribution in [0.4, 0.5) is 0 Å². The maximum absolute atomic E-state index is 11.1. The Morgan fingerprint density at radius 3 is 2.43 bits per heavy atom. The maximum Gasteiger partial charge on any atom is 0.213 e. The molecule has 0 unspecified atom stereocenters. The fourth-order valence-electron chi connectivity index (χ4n) is 1.15. The van der Waals surface area contributed by atoms with Crippen molar-refractivity contribution in [2.45, 2.75) is 32.1 Å². The van der Waals surface area contributed by atoms with Crippen LogP contribution in [0.5, 0.6) is 0 Å². The van der Waals surface area contributed by atoms with Crippen molar-refractivity contribution in [2.24, 2.45) is 5.14 Å². The smallest absolute Gasteiger partial charge is 0.213 e. The van der Waals surface area contributed by atoms with E-state index >= 15 is 0 Å². The number of hydrogen-bond donors (Lipinski definition) is 1. The minimum Gasteiger partial charge on any atom is -0.268 e. The van der Waals surface area contributed by atoms with E-state index in [1.54, 1.807) is 30.9 Å². The Morgan fingerprint density at radius 1 is 1.50 bits per heavy atom. The number of hydrogen-bond acceptors (Lipinski definition) is 3. The van der Waals surface area contributed by atoms with E-state index in [0.717, 1.165) is 5.56 Å². The lowest BCUT2D eigenvalue weighted by atomic mass is 10.2. The summed E-state index contributed by atoms with van der Waals surface area (Å²) < 4.78 is 23.8. The number of primary sulfonamides is 1. The van der Waals surface area contributed by atoms with E-state index in [9.17, 15) is 8.42 Å². The third-order valence-electron chi connectivity index (χ3n) is 2.35. The lowest BCUT2D eigenvalue weighted by Crippen LogP contribution is -2.33. The molecule has 0 aliphatic rings. The summed E-state index contributed by atoms with van der Waals surface area (Å²) in [5.41, 5.74) is 0.999. The highest BCUT2D eigenvalue weighted by Gasteiger charge is 2.24. The summed E-state index contributed by atoms with van der Waals surface area (Å²) in [7, 11) is -3.50. The van der Waals surface area contributed by atoms with Crippen molar-refractivity contribution in [3.8, 4) is 0 Å². The molecule has 5 nitrogen and oxygen atoms in total. The van der Waals surface area contributed by atoms with Gasteiger partial charge in [-0.1, -0.05) is 0 Å². The fraction of sp³-hybridized carbons (Fsp3) is 0.625. The molecular formula is C8H15N3O2S. The van der Waals surface area contributed by atoms with Gasteiger partial charge in [-0.15, -0.1) is 0 Å². The molecule has 0 spiro atoms. The van der Waals surface area contributed by atoms with E-state index in [0.29, 0.717) is 0 Å². The lowest BCUT2D eigenvalue weighted by Gasteiger charge is -2.18. The normalized spacial score (nSPS) is 16.6. The first-order valence-corrected chi connectivity index (χ1v) is 5.95. The van der Waals surface area contributed by atoms with Gasteiger partial charge in [-0.05, 0) is 26.3 Å². The molecule has 0 radical (unpaired) electrons. The fourth-order valence-corrected chi connectivity index (χ4v) is 1.82. The van der Waals surface area contributed by atoms with Gasteiger partial charge in [-0.25, -0.2) is 13.6 Å². The van der Waals surface area contributed by atoms with Crippen molar-refractivity contribution in [1.82, 2.24) is 9.78 Å². The number of nitrogens with zero attached hydrogens (tertiary/aromatic N) is 2. The van der Waals surface area contributed by atoms with Crippen LogP contribution in [0.3, 0.4) is 0 Å². The number of nitrogens with two attached hydrogens (primary N) is 1. The van der Waals surface area contributed by atoms with E-state index in [2.05, 4.69) is 5.10 Å².